The Hall–Kier alpha value is -2.25. The fourth-order valence-corrected chi connectivity index (χ4v) is 4.11. The molecule has 0 saturated heterocycles. The third-order valence-electron chi connectivity index (χ3n) is 4.28. The van der Waals surface area contributed by atoms with E-state index in [0.29, 0.717) is 25.2 Å². The van der Waals surface area contributed by atoms with Crippen molar-refractivity contribution in [3.63, 3.8) is 0 Å². The van der Waals surface area contributed by atoms with Gasteiger partial charge in [0.25, 0.3) is 5.91 Å². The molecule has 26 heavy (non-hydrogen) atoms. The van der Waals surface area contributed by atoms with Crippen LogP contribution in [0, 0.1) is 0 Å². The molecule has 7 heteroatoms. The molecular weight excluding hydrogens is 350 g/mol. The number of likely N-dealkylation sites (N-methyl/N-ethyl adjacent to an activating group) is 1. The van der Waals surface area contributed by atoms with Gasteiger partial charge in [-0.25, -0.2) is 8.42 Å². The number of amides is 1. The maximum atomic E-state index is 12.5. The molecule has 0 aliphatic heterocycles. The van der Waals surface area contributed by atoms with Crippen molar-refractivity contribution in [3.05, 3.63) is 59.9 Å². The average Bonchev–Trinajstić information content (AvgIpc) is 2.67. The predicted molar refractivity (Wildman–Crippen MR) is 101 cm³/mol. The standard InChI is InChI=1S/C19H25N3O3S/c1-4-22(5-2)26(24,25)18-8-6-17(7-9-18)19(23)21(3)15-12-16-10-13-20-14-11-16/h6-11,13-14H,4-5,12,15H2,1-3H3. The molecule has 2 aromatic rings. The van der Waals surface area contributed by atoms with Gasteiger partial charge in [0, 0.05) is 44.6 Å². The summed E-state index contributed by atoms with van der Waals surface area (Å²) >= 11 is 0. The van der Waals surface area contributed by atoms with E-state index in [0.717, 1.165) is 12.0 Å². The van der Waals surface area contributed by atoms with Gasteiger partial charge in [-0.05, 0) is 48.4 Å². The fraction of sp³-hybridized carbons (Fsp3) is 0.368. The van der Waals surface area contributed by atoms with Crippen LogP contribution >= 0.6 is 0 Å². The predicted octanol–water partition coefficient (Wildman–Crippen LogP) is 2.43. The Morgan fingerprint density at radius 3 is 2.12 bits per heavy atom. The van der Waals surface area contributed by atoms with Crippen LogP contribution in [0.1, 0.15) is 29.8 Å². The third kappa shape index (κ3) is 4.68. The van der Waals surface area contributed by atoms with Crippen LogP contribution in [0.4, 0.5) is 0 Å². The van der Waals surface area contributed by atoms with Crippen LogP contribution in [0.25, 0.3) is 0 Å². The van der Waals surface area contributed by atoms with E-state index in [1.54, 1.807) is 50.3 Å². The molecule has 0 radical (unpaired) electrons. The molecule has 0 spiro atoms. The smallest absolute Gasteiger partial charge is 0.253 e. The van der Waals surface area contributed by atoms with Crippen molar-refractivity contribution in [2.75, 3.05) is 26.7 Å². The Balaban J connectivity index is 2.06. The van der Waals surface area contributed by atoms with Gasteiger partial charge in [0.2, 0.25) is 10.0 Å². The maximum Gasteiger partial charge on any atom is 0.253 e. The molecule has 0 N–H and O–H groups in total. The maximum absolute atomic E-state index is 12.5. The highest BCUT2D eigenvalue weighted by molar-refractivity contribution is 7.89. The van der Waals surface area contributed by atoms with Gasteiger partial charge in [0.1, 0.15) is 0 Å². The molecule has 2 rings (SSSR count). The number of carbonyl (C=O) groups is 1. The first kappa shape index (κ1) is 20.1. The summed E-state index contributed by atoms with van der Waals surface area (Å²) in [6.45, 7) is 5.00. The minimum Gasteiger partial charge on any atom is -0.341 e. The summed E-state index contributed by atoms with van der Waals surface area (Å²) in [5.41, 5.74) is 1.58. The first-order valence-electron chi connectivity index (χ1n) is 8.64. The summed E-state index contributed by atoms with van der Waals surface area (Å²) in [7, 11) is -1.77. The Bertz CT molecular complexity index is 817. The average molecular weight is 375 g/mol. The first-order chi connectivity index (χ1) is 12.4. The zero-order chi connectivity index (χ0) is 19.2. The van der Waals surface area contributed by atoms with Gasteiger partial charge in [0.15, 0.2) is 0 Å². The molecule has 0 bridgehead atoms. The summed E-state index contributed by atoms with van der Waals surface area (Å²) in [5.74, 6) is -0.133. The van der Waals surface area contributed by atoms with E-state index in [-0.39, 0.29) is 10.8 Å². The van der Waals surface area contributed by atoms with E-state index < -0.39 is 10.0 Å². The van der Waals surface area contributed by atoms with Crippen molar-refractivity contribution in [1.82, 2.24) is 14.2 Å². The minimum atomic E-state index is -3.51. The molecule has 0 aliphatic rings. The van der Waals surface area contributed by atoms with E-state index in [1.807, 2.05) is 12.1 Å². The quantitative estimate of drug-likeness (QED) is 0.710. The molecule has 1 aromatic heterocycles. The van der Waals surface area contributed by atoms with E-state index >= 15 is 0 Å². The molecule has 1 amide bonds. The van der Waals surface area contributed by atoms with Crippen molar-refractivity contribution < 1.29 is 13.2 Å². The molecule has 1 heterocycles. The van der Waals surface area contributed by atoms with E-state index in [4.69, 9.17) is 0 Å². The molecule has 0 aliphatic carbocycles. The van der Waals surface area contributed by atoms with Crippen LogP contribution in [-0.4, -0.2) is 55.2 Å². The summed E-state index contributed by atoms with van der Waals surface area (Å²) in [6, 6.07) is 9.98. The lowest BCUT2D eigenvalue weighted by molar-refractivity contribution is 0.0796. The fourth-order valence-electron chi connectivity index (χ4n) is 2.65. The van der Waals surface area contributed by atoms with Crippen LogP contribution in [0.5, 0.6) is 0 Å². The van der Waals surface area contributed by atoms with Crippen LogP contribution in [0.2, 0.25) is 0 Å². The third-order valence-corrected chi connectivity index (χ3v) is 6.34. The van der Waals surface area contributed by atoms with Crippen LogP contribution in [0.15, 0.2) is 53.7 Å². The summed E-state index contributed by atoms with van der Waals surface area (Å²) in [5, 5.41) is 0. The first-order valence-corrected chi connectivity index (χ1v) is 10.1. The lowest BCUT2D eigenvalue weighted by Gasteiger charge is -2.19. The van der Waals surface area contributed by atoms with Crippen LogP contribution in [0.3, 0.4) is 0 Å². The van der Waals surface area contributed by atoms with E-state index in [1.165, 1.54) is 16.4 Å². The minimum absolute atomic E-state index is 0.133. The Labute approximate surface area is 155 Å². The lowest BCUT2D eigenvalue weighted by Crippen LogP contribution is -2.31. The number of sulfonamides is 1. The highest BCUT2D eigenvalue weighted by Gasteiger charge is 2.22. The van der Waals surface area contributed by atoms with Crippen molar-refractivity contribution in [2.45, 2.75) is 25.2 Å². The van der Waals surface area contributed by atoms with Gasteiger partial charge in [-0.2, -0.15) is 4.31 Å². The normalized spacial score (nSPS) is 11.5. The molecule has 0 fully saturated rings. The van der Waals surface area contributed by atoms with E-state index in [2.05, 4.69) is 4.98 Å². The molecule has 0 saturated carbocycles. The van der Waals surface area contributed by atoms with Crippen molar-refractivity contribution in [1.29, 1.82) is 0 Å². The number of benzene rings is 1. The summed E-state index contributed by atoms with van der Waals surface area (Å²) in [4.78, 5) is 18.3. The van der Waals surface area contributed by atoms with Gasteiger partial charge < -0.3 is 4.90 Å². The number of hydrogen-bond donors (Lipinski definition) is 0. The number of nitrogens with zero attached hydrogens (tertiary/aromatic N) is 3. The number of pyridine rings is 1. The molecule has 1 aromatic carbocycles. The van der Waals surface area contributed by atoms with Gasteiger partial charge in [-0.15, -0.1) is 0 Å². The largest absolute Gasteiger partial charge is 0.341 e. The molecule has 0 unspecified atom stereocenters. The molecule has 6 nitrogen and oxygen atoms in total. The SMILES string of the molecule is CCN(CC)S(=O)(=O)c1ccc(C(=O)N(C)CCc2ccncc2)cc1. The van der Waals surface area contributed by atoms with E-state index in [9.17, 15) is 13.2 Å². The monoisotopic (exact) mass is 375 g/mol. The zero-order valence-corrected chi connectivity index (χ0v) is 16.2. The summed E-state index contributed by atoms with van der Waals surface area (Å²) < 4.78 is 26.4. The number of hydrogen-bond acceptors (Lipinski definition) is 4. The van der Waals surface area contributed by atoms with Gasteiger partial charge >= 0.3 is 0 Å². The van der Waals surface area contributed by atoms with Crippen molar-refractivity contribution in [3.8, 4) is 0 Å². The molecular formula is C19H25N3O3S. The van der Waals surface area contributed by atoms with Gasteiger partial charge in [-0.1, -0.05) is 13.8 Å². The van der Waals surface area contributed by atoms with Crippen molar-refractivity contribution in [2.24, 2.45) is 0 Å². The summed E-state index contributed by atoms with van der Waals surface area (Å²) in [6.07, 6.45) is 4.19. The zero-order valence-electron chi connectivity index (χ0n) is 15.4. The number of carbonyl (C=O) groups excluding carboxylic acids is 1. The lowest BCUT2D eigenvalue weighted by atomic mass is 10.1. The Morgan fingerprint density at radius 1 is 1.00 bits per heavy atom. The van der Waals surface area contributed by atoms with Gasteiger partial charge in [-0.3, -0.25) is 9.78 Å². The van der Waals surface area contributed by atoms with Gasteiger partial charge in [0.05, 0.1) is 4.90 Å². The number of rotatable bonds is 8. The molecule has 0 atom stereocenters. The second kappa shape index (κ2) is 8.91. The van der Waals surface area contributed by atoms with Crippen LogP contribution < -0.4 is 0 Å². The second-order valence-corrected chi connectivity index (χ2v) is 7.88. The second-order valence-electron chi connectivity index (χ2n) is 5.95. The van der Waals surface area contributed by atoms with Crippen LogP contribution in [-0.2, 0) is 16.4 Å². The topological polar surface area (TPSA) is 70.6 Å². The number of aromatic nitrogens is 1. The highest BCUT2D eigenvalue weighted by Crippen LogP contribution is 2.17. The Kier molecular flexibility index (Phi) is 6.88. The Morgan fingerprint density at radius 2 is 1.58 bits per heavy atom. The highest BCUT2D eigenvalue weighted by atomic mass is 32.2. The molecule has 140 valence electrons. The van der Waals surface area contributed by atoms with Crippen molar-refractivity contribution >= 4 is 15.9 Å².